The van der Waals surface area contributed by atoms with Crippen molar-refractivity contribution in [2.75, 3.05) is 13.1 Å². The average molecular weight is 379 g/mol. The van der Waals surface area contributed by atoms with E-state index in [9.17, 15) is 9.90 Å². The number of aliphatic hydroxyl groups excluding tert-OH is 1. The Kier molecular flexibility index (Phi) is 7.08. The molecule has 2 heterocycles. The molecule has 6 heteroatoms. The lowest BCUT2D eigenvalue weighted by molar-refractivity contribution is -0.124. The number of hydroxylamine groups is 1. The summed E-state index contributed by atoms with van der Waals surface area (Å²) >= 11 is 0. The first kappa shape index (κ1) is 19.9. The number of aliphatic hydroxyl groups is 1. The standard InChI is InChI=1S/C22H25N3O3/c26-21(24-28)11-9-19-7-4-8-20(23-19)10-12-22(27)25-15-13-18(14-16-25)17-5-2-1-3-6-17/h1-12,18,22,27-28H,13-16H2,(H,24,26)/b11-9+,12-10+. The van der Waals surface area contributed by atoms with Crippen LogP contribution in [0.15, 0.2) is 60.7 Å². The molecule has 146 valence electrons. The number of hydrogen-bond donors (Lipinski definition) is 3. The van der Waals surface area contributed by atoms with Crippen molar-refractivity contribution in [3.8, 4) is 0 Å². The lowest BCUT2D eigenvalue weighted by atomic mass is 9.89. The van der Waals surface area contributed by atoms with E-state index < -0.39 is 12.1 Å². The largest absolute Gasteiger partial charge is 0.375 e. The number of carbonyl (C=O) groups is 1. The molecule has 0 radical (unpaired) electrons. The Labute approximate surface area is 164 Å². The number of amides is 1. The number of piperidine rings is 1. The van der Waals surface area contributed by atoms with E-state index in [1.165, 1.54) is 23.2 Å². The summed E-state index contributed by atoms with van der Waals surface area (Å²) in [6, 6.07) is 15.9. The topological polar surface area (TPSA) is 85.7 Å². The fourth-order valence-electron chi connectivity index (χ4n) is 3.38. The van der Waals surface area contributed by atoms with Crippen molar-refractivity contribution in [2.45, 2.75) is 25.0 Å². The zero-order chi connectivity index (χ0) is 19.8. The van der Waals surface area contributed by atoms with E-state index >= 15 is 0 Å². The minimum absolute atomic E-state index is 0.551. The molecule has 1 aliphatic heterocycles. The van der Waals surface area contributed by atoms with E-state index in [0.717, 1.165) is 25.9 Å². The van der Waals surface area contributed by atoms with E-state index in [1.54, 1.807) is 18.2 Å². The van der Waals surface area contributed by atoms with Gasteiger partial charge in [-0.1, -0.05) is 36.4 Å². The molecule has 3 N–H and O–H groups in total. The SMILES string of the molecule is O=C(/C=C/c1cccc(/C=C/C(O)N2CCC(c3ccccc3)CC2)n1)NO. The summed E-state index contributed by atoms with van der Waals surface area (Å²) in [6.45, 7) is 1.69. The van der Waals surface area contributed by atoms with E-state index in [4.69, 9.17) is 5.21 Å². The van der Waals surface area contributed by atoms with E-state index in [0.29, 0.717) is 17.3 Å². The molecule has 0 saturated carbocycles. The first-order valence-corrected chi connectivity index (χ1v) is 9.40. The molecule has 1 saturated heterocycles. The summed E-state index contributed by atoms with van der Waals surface area (Å²) in [5, 5.41) is 19.0. The molecule has 1 aliphatic rings. The Morgan fingerprint density at radius 2 is 1.75 bits per heavy atom. The maximum Gasteiger partial charge on any atom is 0.267 e. The molecule has 1 unspecified atom stereocenters. The van der Waals surface area contributed by atoms with Crippen LogP contribution in [-0.2, 0) is 4.79 Å². The van der Waals surface area contributed by atoms with Crippen molar-refractivity contribution in [3.05, 3.63) is 77.6 Å². The minimum Gasteiger partial charge on any atom is -0.375 e. The zero-order valence-electron chi connectivity index (χ0n) is 15.6. The van der Waals surface area contributed by atoms with Crippen molar-refractivity contribution in [1.29, 1.82) is 0 Å². The highest BCUT2D eigenvalue weighted by Gasteiger charge is 2.23. The van der Waals surface area contributed by atoms with Gasteiger partial charge >= 0.3 is 0 Å². The molecule has 6 nitrogen and oxygen atoms in total. The van der Waals surface area contributed by atoms with Gasteiger partial charge in [-0.3, -0.25) is 14.9 Å². The highest BCUT2D eigenvalue weighted by Crippen LogP contribution is 2.28. The van der Waals surface area contributed by atoms with Crippen LogP contribution in [0.25, 0.3) is 12.2 Å². The molecule has 1 atom stereocenters. The van der Waals surface area contributed by atoms with E-state index in [-0.39, 0.29) is 0 Å². The fraction of sp³-hybridized carbons (Fsp3) is 0.273. The second kappa shape index (κ2) is 9.94. The third-order valence-electron chi connectivity index (χ3n) is 4.92. The second-order valence-electron chi connectivity index (χ2n) is 6.79. The van der Waals surface area contributed by atoms with Crippen LogP contribution < -0.4 is 5.48 Å². The first-order valence-electron chi connectivity index (χ1n) is 9.40. The molecular formula is C22H25N3O3. The number of nitrogens with one attached hydrogen (secondary N) is 1. The third-order valence-corrected chi connectivity index (χ3v) is 4.92. The van der Waals surface area contributed by atoms with Crippen molar-refractivity contribution in [1.82, 2.24) is 15.4 Å². The van der Waals surface area contributed by atoms with Crippen molar-refractivity contribution < 1.29 is 15.1 Å². The first-order chi connectivity index (χ1) is 13.7. The van der Waals surface area contributed by atoms with Crippen LogP contribution in [0.5, 0.6) is 0 Å². The quantitative estimate of drug-likeness (QED) is 0.408. The number of benzene rings is 1. The van der Waals surface area contributed by atoms with Gasteiger partial charge in [0.15, 0.2) is 0 Å². The van der Waals surface area contributed by atoms with Crippen LogP contribution >= 0.6 is 0 Å². The monoisotopic (exact) mass is 379 g/mol. The molecule has 1 aromatic carbocycles. The van der Waals surface area contributed by atoms with Gasteiger partial charge in [0.2, 0.25) is 0 Å². The van der Waals surface area contributed by atoms with Gasteiger partial charge in [-0.2, -0.15) is 0 Å². The van der Waals surface area contributed by atoms with Crippen LogP contribution in [0.3, 0.4) is 0 Å². The normalized spacial score (nSPS) is 17.2. The average Bonchev–Trinajstić information content (AvgIpc) is 2.76. The van der Waals surface area contributed by atoms with Gasteiger partial charge in [0.25, 0.3) is 5.91 Å². The Balaban J connectivity index is 1.55. The maximum atomic E-state index is 11.0. The maximum absolute atomic E-state index is 11.0. The number of pyridine rings is 1. The van der Waals surface area contributed by atoms with E-state index in [1.807, 2.05) is 18.2 Å². The van der Waals surface area contributed by atoms with Crippen molar-refractivity contribution >= 4 is 18.1 Å². The van der Waals surface area contributed by atoms with Gasteiger partial charge < -0.3 is 5.11 Å². The summed E-state index contributed by atoms with van der Waals surface area (Å²) in [5.41, 5.74) is 4.18. The number of carbonyl (C=O) groups excluding carboxylic acids is 1. The summed E-state index contributed by atoms with van der Waals surface area (Å²) in [5.74, 6) is -0.0630. The molecule has 3 rings (SSSR count). The van der Waals surface area contributed by atoms with Crippen LogP contribution in [0.1, 0.15) is 35.7 Å². The van der Waals surface area contributed by atoms with Gasteiger partial charge in [-0.05, 0) is 54.7 Å². The lowest BCUT2D eigenvalue weighted by Gasteiger charge is -2.34. The highest BCUT2D eigenvalue weighted by atomic mass is 16.5. The smallest absolute Gasteiger partial charge is 0.267 e. The molecule has 0 aliphatic carbocycles. The molecule has 2 aromatic rings. The van der Waals surface area contributed by atoms with Gasteiger partial charge in [0, 0.05) is 19.2 Å². The number of rotatable bonds is 6. The van der Waals surface area contributed by atoms with E-state index in [2.05, 4.69) is 34.1 Å². The number of hydrogen-bond acceptors (Lipinski definition) is 5. The zero-order valence-corrected chi connectivity index (χ0v) is 15.6. The fourth-order valence-corrected chi connectivity index (χ4v) is 3.38. The Hall–Kier alpha value is -2.80. The van der Waals surface area contributed by atoms with Crippen molar-refractivity contribution in [2.24, 2.45) is 0 Å². The van der Waals surface area contributed by atoms with Gasteiger partial charge in [0.1, 0.15) is 6.23 Å². The molecule has 1 fully saturated rings. The molecule has 0 bridgehead atoms. The number of nitrogens with zero attached hydrogens (tertiary/aromatic N) is 2. The lowest BCUT2D eigenvalue weighted by Crippen LogP contribution is -2.39. The van der Waals surface area contributed by atoms with Gasteiger partial charge in [-0.15, -0.1) is 0 Å². The summed E-state index contributed by atoms with van der Waals surface area (Å²) in [7, 11) is 0. The van der Waals surface area contributed by atoms with Crippen LogP contribution in [-0.4, -0.2) is 45.4 Å². The summed E-state index contributed by atoms with van der Waals surface area (Å²) in [4.78, 5) is 17.5. The van der Waals surface area contributed by atoms with Crippen LogP contribution in [0.4, 0.5) is 0 Å². The summed E-state index contributed by atoms with van der Waals surface area (Å²) in [6.07, 6.45) is 7.62. The Bertz CT molecular complexity index is 828. The molecular weight excluding hydrogens is 354 g/mol. The number of aromatic nitrogens is 1. The second-order valence-corrected chi connectivity index (χ2v) is 6.79. The summed E-state index contributed by atoms with van der Waals surface area (Å²) < 4.78 is 0. The molecule has 0 spiro atoms. The van der Waals surface area contributed by atoms with Crippen molar-refractivity contribution in [3.63, 3.8) is 0 Å². The predicted molar refractivity (Wildman–Crippen MR) is 108 cm³/mol. The molecule has 1 amide bonds. The van der Waals surface area contributed by atoms with Crippen LogP contribution in [0.2, 0.25) is 0 Å². The predicted octanol–water partition coefficient (Wildman–Crippen LogP) is 2.81. The molecule has 1 aromatic heterocycles. The highest BCUT2D eigenvalue weighted by molar-refractivity contribution is 5.90. The Morgan fingerprint density at radius 3 is 2.43 bits per heavy atom. The van der Waals surface area contributed by atoms with Gasteiger partial charge in [-0.25, -0.2) is 10.5 Å². The Morgan fingerprint density at radius 1 is 1.07 bits per heavy atom. The third kappa shape index (κ3) is 5.60. The number of likely N-dealkylation sites (tertiary alicyclic amines) is 1. The van der Waals surface area contributed by atoms with Gasteiger partial charge in [0.05, 0.1) is 11.4 Å². The molecule has 28 heavy (non-hydrogen) atoms. The van der Waals surface area contributed by atoms with Crippen LogP contribution in [0, 0.1) is 0 Å². The minimum atomic E-state index is -0.655.